The zero-order valence-electron chi connectivity index (χ0n) is 17.2. The molecule has 1 aliphatic rings. The van der Waals surface area contributed by atoms with Crippen LogP contribution in [0.3, 0.4) is 0 Å². The second-order valence-electron chi connectivity index (χ2n) is 8.39. The van der Waals surface area contributed by atoms with Crippen LogP contribution in [0.15, 0.2) is 42.5 Å². The van der Waals surface area contributed by atoms with E-state index >= 15 is 0 Å². The fourth-order valence-corrected chi connectivity index (χ4v) is 5.18. The molecule has 30 heavy (non-hydrogen) atoms. The molecule has 0 saturated heterocycles. The Hall–Kier alpha value is -2.00. The third-order valence-corrected chi connectivity index (χ3v) is 6.88. The quantitative estimate of drug-likeness (QED) is 0.271. The maximum atomic E-state index is 14.3. The van der Waals surface area contributed by atoms with Crippen molar-refractivity contribution in [2.45, 2.75) is 57.8 Å². The van der Waals surface area contributed by atoms with Crippen molar-refractivity contribution in [1.29, 1.82) is 0 Å². The molecule has 0 spiro atoms. The van der Waals surface area contributed by atoms with Crippen molar-refractivity contribution < 1.29 is 13.2 Å². The predicted octanol–water partition coefficient (Wildman–Crippen LogP) is 8.58. The summed E-state index contributed by atoms with van der Waals surface area (Å²) in [6, 6.07) is 11.6. The molecule has 0 amide bonds. The molecular formula is C26H26ClF3. The highest BCUT2D eigenvalue weighted by Gasteiger charge is 2.32. The van der Waals surface area contributed by atoms with Crippen LogP contribution in [0, 0.1) is 23.4 Å². The first kappa shape index (κ1) is 21.2. The first-order valence-electron chi connectivity index (χ1n) is 10.9. The number of hydrogen-bond donors (Lipinski definition) is 0. The van der Waals surface area contributed by atoms with E-state index in [1.165, 1.54) is 37.5 Å². The number of hydrogen-bond acceptors (Lipinski definition) is 0. The van der Waals surface area contributed by atoms with E-state index < -0.39 is 16.7 Å². The standard InChI is InChI=1S/C26H26ClF3/c1-2-3-4-5-7-16-10-11-19-18-8-6-9-22(28)20(18)12-13-21(19)25(16)17-14-23(29)26(27)24(30)15-17/h6,8-9,12-16,25H,2-5,7,10-11H2,1H3/t16-,25-/m1/s1. The summed E-state index contributed by atoms with van der Waals surface area (Å²) in [6.45, 7) is 2.18. The molecular weight excluding hydrogens is 405 g/mol. The zero-order valence-corrected chi connectivity index (χ0v) is 17.9. The molecule has 0 aliphatic heterocycles. The SMILES string of the molecule is CCCCCC[C@@H]1CCc2c(ccc3c(F)cccc23)[C@H]1c1cc(F)c(Cl)c(F)c1. The fourth-order valence-electron chi connectivity index (χ4n) is 5.07. The summed E-state index contributed by atoms with van der Waals surface area (Å²) in [5.41, 5.74) is 2.77. The highest BCUT2D eigenvalue weighted by Crippen LogP contribution is 2.46. The van der Waals surface area contributed by atoms with Crippen LogP contribution in [0.25, 0.3) is 10.8 Å². The molecule has 0 unspecified atom stereocenters. The summed E-state index contributed by atoms with van der Waals surface area (Å²) in [4.78, 5) is 0. The molecule has 0 fully saturated rings. The maximum absolute atomic E-state index is 14.3. The number of halogens is 4. The Bertz CT molecular complexity index is 1040. The number of aryl methyl sites for hydroxylation is 1. The highest BCUT2D eigenvalue weighted by atomic mass is 35.5. The van der Waals surface area contributed by atoms with Gasteiger partial charge in [-0.15, -0.1) is 0 Å². The van der Waals surface area contributed by atoms with Crippen LogP contribution in [-0.2, 0) is 6.42 Å². The van der Waals surface area contributed by atoms with Gasteiger partial charge in [-0.05, 0) is 65.5 Å². The van der Waals surface area contributed by atoms with Gasteiger partial charge in [-0.1, -0.05) is 68.5 Å². The summed E-state index contributed by atoms with van der Waals surface area (Å²) in [5, 5.41) is 1.04. The zero-order chi connectivity index (χ0) is 21.3. The second-order valence-corrected chi connectivity index (χ2v) is 8.77. The summed E-state index contributed by atoms with van der Waals surface area (Å²) >= 11 is 5.75. The van der Waals surface area contributed by atoms with Crippen LogP contribution in [0.2, 0.25) is 5.02 Å². The molecule has 0 heterocycles. The molecule has 0 nitrogen and oxygen atoms in total. The van der Waals surface area contributed by atoms with Crippen molar-refractivity contribution in [3.63, 3.8) is 0 Å². The Balaban J connectivity index is 1.81. The maximum Gasteiger partial charge on any atom is 0.145 e. The minimum atomic E-state index is -0.727. The van der Waals surface area contributed by atoms with Gasteiger partial charge in [0.25, 0.3) is 0 Å². The molecule has 0 aromatic heterocycles. The second kappa shape index (κ2) is 9.01. The van der Waals surface area contributed by atoms with Gasteiger partial charge in [-0.25, -0.2) is 13.2 Å². The molecule has 4 rings (SSSR count). The molecule has 3 aromatic carbocycles. The Labute approximate surface area is 181 Å². The first-order chi connectivity index (χ1) is 14.5. The minimum absolute atomic E-state index is 0.121. The van der Waals surface area contributed by atoms with E-state index in [0.717, 1.165) is 42.2 Å². The summed E-state index contributed by atoms with van der Waals surface area (Å²) in [5.74, 6) is -1.52. The monoisotopic (exact) mass is 430 g/mol. The number of rotatable bonds is 6. The van der Waals surface area contributed by atoms with Crippen LogP contribution in [0.4, 0.5) is 13.2 Å². The number of fused-ring (bicyclic) bond motifs is 3. The summed E-state index contributed by atoms with van der Waals surface area (Å²) in [6.07, 6.45) is 7.42. The van der Waals surface area contributed by atoms with E-state index in [0.29, 0.717) is 16.9 Å². The molecule has 0 bridgehead atoms. The topological polar surface area (TPSA) is 0 Å². The van der Waals surface area contributed by atoms with Crippen LogP contribution in [0.5, 0.6) is 0 Å². The number of unbranched alkanes of at least 4 members (excludes halogenated alkanes) is 3. The molecule has 158 valence electrons. The van der Waals surface area contributed by atoms with E-state index in [2.05, 4.69) is 6.92 Å². The third kappa shape index (κ3) is 3.97. The van der Waals surface area contributed by atoms with Gasteiger partial charge in [-0.3, -0.25) is 0 Å². The average Bonchev–Trinajstić information content (AvgIpc) is 2.74. The highest BCUT2D eigenvalue weighted by molar-refractivity contribution is 6.30. The van der Waals surface area contributed by atoms with Crippen LogP contribution in [-0.4, -0.2) is 0 Å². The van der Waals surface area contributed by atoms with Crippen molar-refractivity contribution in [1.82, 2.24) is 0 Å². The molecule has 3 aromatic rings. The summed E-state index contributed by atoms with van der Waals surface area (Å²) < 4.78 is 43.0. The Kier molecular flexibility index (Phi) is 6.38. The van der Waals surface area contributed by atoms with Crippen LogP contribution in [0.1, 0.15) is 68.1 Å². The van der Waals surface area contributed by atoms with E-state index in [1.54, 1.807) is 12.1 Å². The molecule has 0 radical (unpaired) electrons. The average molecular weight is 431 g/mol. The van der Waals surface area contributed by atoms with Gasteiger partial charge >= 0.3 is 0 Å². The Morgan fingerprint density at radius 3 is 2.40 bits per heavy atom. The molecule has 1 aliphatic carbocycles. The van der Waals surface area contributed by atoms with Crippen LogP contribution >= 0.6 is 11.6 Å². The van der Waals surface area contributed by atoms with E-state index in [-0.39, 0.29) is 11.7 Å². The Morgan fingerprint density at radius 2 is 1.67 bits per heavy atom. The van der Waals surface area contributed by atoms with Gasteiger partial charge in [0.2, 0.25) is 0 Å². The van der Waals surface area contributed by atoms with E-state index in [4.69, 9.17) is 11.6 Å². The predicted molar refractivity (Wildman–Crippen MR) is 118 cm³/mol. The van der Waals surface area contributed by atoms with Crippen molar-refractivity contribution in [2.75, 3.05) is 0 Å². The van der Waals surface area contributed by atoms with E-state index in [1.807, 2.05) is 12.1 Å². The van der Waals surface area contributed by atoms with Gasteiger partial charge in [0.1, 0.15) is 22.5 Å². The lowest BCUT2D eigenvalue weighted by molar-refractivity contribution is 0.366. The largest absolute Gasteiger partial charge is 0.206 e. The minimum Gasteiger partial charge on any atom is -0.206 e. The third-order valence-electron chi connectivity index (χ3n) is 6.52. The lowest BCUT2D eigenvalue weighted by Crippen LogP contribution is -2.22. The lowest BCUT2D eigenvalue weighted by Gasteiger charge is -2.35. The van der Waals surface area contributed by atoms with Crippen molar-refractivity contribution in [3.8, 4) is 0 Å². The van der Waals surface area contributed by atoms with Gasteiger partial charge in [0.15, 0.2) is 0 Å². The van der Waals surface area contributed by atoms with Crippen LogP contribution < -0.4 is 0 Å². The smallest absolute Gasteiger partial charge is 0.145 e. The molecule has 0 N–H and O–H groups in total. The van der Waals surface area contributed by atoms with Crippen molar-refractivity contribution >= 4 is 22.4 Å². The fraction of sp³-hybridized carbons (Fsp3) is 0.385. The molecule has 0 saturated carbocycles. The van der Waals surface area contributed by atoms with Crippen molar-refractivity contribution in [2.24, 2.45) is 5.92 Å². The van der Waals surface area contributed by atoms with Crippen molar-refractivity contribution in [3.05, 3.63) is 81.6 Å². The molecule has 2 atom stereocenters. The molecule has 4 heteroatoms. The normalized spacial score (nSPS) is 18.6. The Morgan fingerprint density at radius 1 is 0.900 bits per heavy atom. The summed E-state index contributed by atoms with van der Waals surface area (Å²) in [7, 11) is 0. The van der Waals surface area contributed by atoms with Gasteiger partial charge < -0.3 is 0 Å². The van der Waals surface area contributed by atoms with Gasteiger partial charge in [0.05, 0.1) is 0 Å². The van der Waals surface area contributed by atoms with E-state index in [9.17, 15) is 13.2 Å². The number of benzene rings is 3. The van der Waals surface area contributed by atoms with Gasteiger partial charge in [0, 0.05) is 11.3 Å². The van der Waals surface area contributed by atoms with Gasteiger partial charge in [-0.2, -0.15) is 0 Å². The first-order valence-corrected chi connectivity index (χ1v) is 11.2. The lowest BCUT2D eigenvalue weighted by atomic mass is 9.69.